The third-order valence-corrected chi connectivity index (χ3v) is 2.27. The number of rotatable bonds is 3. The molecule has 0 bridgehead atoms. The highest BCUT2D eigenvalue weighted by atomic mass is 35.5. The average molecular weight is 253 g/mol. The van der Waals surface area contributed by atoms with E-state index in [1.807, 2.05) is 0 Å². The van der Waals surface area contributed by atoms with Gasteiger partial charge in [0.2, 0.25) is 5.24 Å². The molecule has 0 fully saturated rings. The fraction of sp³-hybridized carbons (Fsp3) is 0.375. The van der Waals surface area contributed by atoms with E-state index in [2.05, 4.69) is 5.10 Å². The minimum Gasteiger partial charge on any atom is -0.281 e. The fourth-order valence-electron chi connectivity index (χ4n) is 1.06. The molecule has 0 aliphatic heterocycles. The Morgan fingerprint density at radius 3 is 2.87 bits per heavy atom. The number of nitrogens with zero attached hydrogens (tertiary/aromatic N) is 2. The minimum atomic E-state index is -0.887. The van der Waals surface area contributed by atoms with Gasteiger partial charge in [0.15, 0.2) is 5.82 Å². The fourth-order valence-corrected chi connectivity index (χ4v) is 1.42. The maximum absolute atomic E-state index is 12.8. The van der Waals surface area contributed by atoms with Crippen LogP contribution >= 0.6 is 23.2 Å². The lowest BCUT2D eigenvalue weighted by atomic mass is 10.2. The Hall–Kier alpha value is -0.940. The van der Waals surface area contributed by atoms with Gasteiger partial charge in [-0.15, -0.1) is 0 Å². The number of hydrogen-bond donors (Lipinski definition) is 0. The molecule has 82 valence electrons. The number of aromatic nitrogens is 2. The van der Waals surface area contributed by atoms with Gasteiger partial charge < -0.3 is 0 Å². The zero-order valence-corrected chi connectivity index (χ0v) is 9.22. The van der Waals surface area contributed by atoms with Crippen molar-refractivity contribution in [3.63, 3.8) is 0 Å². The van der Waals surface area contributed by atoms with E-state index >= 15 is 0 Å². The largest absolute Gasteiger partial charge is 0.288 e. The molecule has 0 amide bonds. The van der Waals surface area contributed by atoms with Gasteiger partial charge in [-0.1, -0.05) is 11.6 Å². The summed E-state index contributed by atoms with van der Waals surface area (Å²) in [5, 5.41) is 2.38. The Kier molecular flexibility index (Phi) is 3.82. The molecule has 4 nitrogen and oxygen atoms in total. The minimum absolute atomic E-state index is 0.0730. The van der Waals surface area contributed by atoms with Crippen molar-refractivity contribution < 1.29 is 9.18 Å². The third kappa shape index (κ3) is 2.76. The van der Waals surface area contributed by atoms with Crippen LogP contribution in [0.4, 0.5) is 4.39 Å². The van der Waals surface area contributed by atoms with Crippen LogP contribution in [0, 0.1) is 5.82 Å². The van der Waals surface area contributed by atoms with E-state index in [1.165, 1.54) is 0 Å². The molecule has 1 atom stereocenters. The molecule has 1 aromatic heterocycles. The lowest BCUT2D eigenvalue weighted by molar-refractivity contribution is -0.112. The van der Waals surface area contributed by atoms with Gasteiger partial charge in [0.1, 0.15) is 5.02 Å². The predicted octanol–water partition coefficient (Wildman–Crippen LogP) is 1.75. The highest BCUT2D eigenvalue weighted by Gasteiger charge is 2.15. The van der Waals surface area contributed by atoms with Crippen molar-refractivity contribution in [2.45, 2.75) is 19.4 Å². The Balaban J connectivity index is 3.11. The zero-order chi connectivity index (χ0) is 11.6. The Morgan fingerprint density at radius 1 is 1.73 bits per heavy atom. The normalized spacial score (nSPS) is 12.5. The molecule has 0 spiro atoms. The van der Waals surface area contributed by atoms with Crippen LogP contribution in [0.3, 0.4) is 0 Å². The van der Waals surface area contributed by atoms with Crippen molar-refractivity contribution in [1.29, 1.82) is 0 Å². The topological polar surface area (TPSA) is 52.0 Å². The molecule has 0 aromatic carbocycles. The van der Waals surface area contributed by atoms with E-state index in [4.69, 9.17) is 23.2 Å². The van der Waals surface area contributed by atoms with Gasteiger partial charge in [0.05, 0.1) is 12.2 Å². The summed E-state index contributed by atoms with van der Waals surface area (Å²) in [6.07, 6.45) is 0.745. The highest BCUT2D eigenvalue weighted by molar-refractivity contribution is 6.63. The molecule has 15 heavy (non-hydrogen) atoms. The SMILES string of the molecule is CC(CC(=O)Cl)n1ncc(F)c(Cl)c1=O. The Bertz CT molecular complexity index is 447. The van der Waals surface area contributed by atoms with Gasteiger partial charge in [-0.05, 0) is 18.5 Å². The van der Waals surface area contributed by atoms with E-state index in [-0.39, 0.29) is 6.42 Å². The van der Waals surface area contributed by atoms with Gasteiger partial charge >= 0.3 is 0 Å². The van der Waals surface area contributed by atoms with Crippen LogP contribution < -0.4 is 5.56 Å². The van der Waals surface area contributed by atoms with Crippen LogP contribution in [0.1, 0.15) is 19.4 Å². The van der Waals surface area contributed by atoms with E-state index < -0.39 is 27.7 Å². The first-order valence-corrected chi connectivity index (χ1v) is 4.80. The molecule has 0 N–H and O–H groups in total. The molecule has 1 rings (SSSR count). The third-order valence-electron chi connectivity index (χ3n) is 1.77. The summed E-state index contributed by atoms with van der Waals surface area (Å²) in [4.78, 5) is 22.0. The standard InChI is InChI=1S/C8H7Cl2FN2O2/c1-4(2-6(9)14)13-8(15)7(10)5(11)3-12-13/h3-4H,2H2,1H3. The summed E-state index contributed by atoms with van der Waals surface area (Å²) in [7, 11) is 0. The molecule has 0 aliphatic carbocycles. The lowest BCUT2D eigenvalue weighted by Gasteiger charge is -2.11. The molecular weight excluding hydrogens is 246 g/mol. The van der Waals surface area contributed by atoms with Crippen molar-refractivity contribution in [2.75, 3.05) is 0 Å². The van der Waals surface area contributed by atoms with E-state index in [9.17, 15) is 14.0 Å². The van der Waals surface area contributed by atoms with Crippen LogP contribution in [-0.4, -0.2) is 15.0 Å². The average Bonchev–Trinajstić information content (AvgIpc) is 2.13. The summed E-state index contributed by atoms with van der Waals surface area (Å²) in [6, 6.07) is -0.555. The highest BCUT2D eigenvalue weighted by Crippen LogP contribution is 2.11. The maximum atomic E-state index is 12.8. The first kappa shape index (κ1) is 12.1. The summed E-state index contributed by atoms with van der Waals surface area (Å²) < 4.78 is 13.7. The predicted molar refractivity (Wildman–Crippen MR) is 53.7 cm³/mol. The summed E-state index contributed by atoms with van der Waals surface area (Å²) in [5.41, 5.74) is -0.776. The van der Waals surface area contributed by atoms with Crippen molar-refractivity contribution >= 4 is 28.4 Å². The molecule has 0 saturated carbocycles. The monoisotopic (exact) mass is 252 g/mol. The van der Waals surface area contributed by atoms with Crippen LogP contribution in [-0.2, 0) is 4.79 Å². The van der Waals surface area contributed by atoms with Crippen molar-refractivity contribution in [2.24, 2.45) is 0 Å². The first-order valence-electron chi connectivity index (χ1n) is 4.04. The first-order chi connectivity index (χ1) is 6.93. The summed E-state index contributed by atoms with van der Waals surface area (Å²) in [6.45, 7) is 1.56. The van der Waals surface area contributed by atoms with Crippen LogP contribution in [0.15, 0.2) is 11.0 Å². The van der Waals surface area contributed by atoms with Gasteiger partial charge in [0.25, 0.3) is 5.56 Å². The molecule has 0 radical (unpaired) electrons. The lowest BCUT2D eigenvalue weighted by Crippen LogP contribution is -2.27. The maximum Gasteiger partial charge on any atom is 0.288 e. The molecule has 1 aromatic rings. The second-order valence-electron chi connectivity index (χ2n) is 2.96. The van der Waals surface area contributed by atoms with Crippen molar-refractivity contribution in [1.82, 2.24) is 9.78 Å². The smallest absolute Gasteiger partial charge is 0.281 e. The Morgan fingerprint density at radius 2 is 2.33 bits per heavy atom. The summed E-state index contributed by atoms with van der Waals surface area (Å²) in [5.74, 6) is -0.887. The van der Waals surface area contributed by atoms with Gasteiger partial charge in [-0.3, -0.25) is 9.59 Å². The van der Waals surface area contributed by atoms with Crippen LogP contribution in [0.5, 0.6) is 0 Å². The van der Waals surface area contributed by atoms with E-state index in [0.717, 1.165) is 10.9 Å². The van der Waals surface area contributed by atoms with Crippen LogP contribution in [0.25, 0.3) is 0 Å². The molecule has 0 saturated heterocycles. The quantitative estimate of drug-likeness (QED) is 0.771. The van der Waals surface area contributed by atoms with Gasteiger partial charge in [-0.2, -0.15) is 5.10 Å². The molecular formula is C8H7Cl2FN2O2. The molecule has 1 heterocycles. The van der Waals surface area contributed by atoms with Crippen molar-refractivity contribution in [3.05, 3.63) is 27.4 Å². The number of hydrogen-bond acceptors (Lipinski definition) is 3. The molecule has 7 heteroatoms. The Labute approximate surface area is 94.6 Å². The van der Waals surface area contributed by atoms with E-state index in [1.54, 1.807) is 6.92 Å². The van der Waals surface area contributed by atoms with E-state index in [0.29, 0.717) is 0 Å². The number of halogens is 3. The van der Waals surface area contributed by atoms with Gasteiger partial charge in [0, 0.05) is 6.42 Å². The second-order valence-corrected chi connectivity index (χ2v) is 3.76. The number of carbonyl (C=O) groups is 1. The second kappa shape index (κ2) is 4.72. The number of carbonyl (C=O) groups excluding carboxylic acids is 1. The van der Waals surface area contributed by atoms with Crippen LogP contribution in [0.2, 0.25) is 5.02 Å². The van der Waals surface area contributed by atoms with Gasteiger partial charge in [-0.25, -0.2) is 9.07 Å². The van der Waals surface area contributed by atoms with Crippen molar-refractivity contribution in [3.8, 4) is 0 Å². The zero-order valence-electron chi connectivity index (χ0n) is 7.71. The molecule has 0 aliphatic rings. The summed E-state index contributed by atoms with van der Waals surface area (Å²) >= 11 is 10.6. The molecule has 1 unspecified atom stereocenters.